The SMILES string of the molecule is Cc1ncc2c(c1-c1noc(-c3ccco3)n1)CCN(C(=O)C1CCCO1)C2. The van der Waals surface area contributed by atoms with Crippen molar-refractivity contribution >= 4 is 5.91 Å². The predicted molar refractivity (Wildman–Crippen MR) is 98.1 cm³/mol. The highest BCUT2D eigenvalue weighted by atomic mass is 16.5. The maximum atomic E-state index is 12.7. The van der Waals surface area contributed by atoms with Crippen LogP contribution >= 0.6 is 0 Å². The Morgan fingerprint density at radius 3 is 3.07 bits per heavy atom. The molecule has 1 unspecified atom stereocenters. The predicted octanol–water partition coefficient (Wildman–Crippen LogP) is 2.76. The fourth-order valence-corrected chi connectivity index (χ4v) is 3.94. The highest BCUT2D eigenvalue weighted by Crippen LogP contribution is 2.32. The molecule has 1 fully saturated rings. The monoisotopic (exact) mass is 380 g/mol. The van der Waals surface area contributed by atoms with Crippen molar-refractivity contribution in [1.29, 1.82) is 0 Å². The van der Waals surface area contributed by atoms with E-state index in [2.05, 4.69) is 15.1 Å². The van der Waals surface area contributed by atoms with Crippen LogP contribution in [0.3, 0.4) is 0 Å². The third-order valence-corrected chi connectivity index (χ3v) is 5.36. The van der Waals surface area contributed by atoms with Gasteiger partial charge in [-0.05, 0) is 49.4 Å². The average molecular weight is 380 g/mol. The van der Waals surface area contributed by atoms with E-state index < -0.39 is 0 Å². The highest BCUT2D eigenvalue weighted by Gasteiger charge is 2.32. The lowest BCUT2D eigenvalue weighted by Crippen LogP contribution is -2.42. The van der Waals surface area contributed by atoms with Gasteiger partial charge in [0, 0.05) is 37.2 Å². The summed E-state index contributed by atoms with van der Waals surface area (Å²) in [5.41, 5.74) is 3.85. The van der Waals surface area contributed by atoms with Crippen LogP contribution in [-0.4, -0.2) is 45.2 Å². The van der Waals surface area contributed by atoms with E-state index in [9.17, 15) is 4.79 Å². The van der Waals surface area contributed by atoms with E-state index in [1.54, 1.807) is 18.4 Å². The molecule has 0 radical (unpaired) electrons. The molecule has 28 heavy (non-hydrogen) atoms. The van der Waals surface area contributed by atoms with Crippen LogP contribution in [-0.2, 0) is 22.5 Å². The number of carbonyl (C=O) groups excluding carboxylic acids is 1. The van der Waals surface area contributed by atoms with Gasteiger partial charge in [0.15, 0.2) is 5.76 Å². The molecule has 0 aliphatic carbocycles. The standard InChI is InChI=1S/C20H20N4O4/c1-12-17(18-22-19(28-23-18)15-4-2-8-26-15)14-6-7-24(11-13(14)10-21-12)20(25)16-5-3-9-27-16/h2,4,8,10,16H,3,5-7,9,11H2,1H3. The summed E-state index contributed by atoms with van der Waals surface area (Å²) >= 11 is 0. The van der Waals surface area contributed by atoms with Crippen LogP contribution in [0.25, 0.3) is 23.0 Å². The Bertz CT molecular complexity index is 1010. The third-order valence-electron chi connectivity index (χ3n) is 5.36. The summed E-state index contributed by atoms with van der Waals surface area (Å²) < 4.78 is 16.3. The largest absolute Gasteiger partial charge is 0.459 e. The van der Waals surface area contributed by atoms with E-state index >= 15 is 0 Å². The second kappa shape index (κ2) is 6.87. The molecule has 8 nitrogen and oxygen atoms in total. The summed E-state index contributed by atoms with van der Waals surface area (Å²) in [5, 5.41) is 4.14. The van der Waals surface area contributed by atoms with Crippen LogP contribution in [0.2, 0.25) is 0 Å². The van der Waals surface area contributed by atoms with Crippen LogP contribution in [0.15, 0.2) is 33.5 Å². The van der Waals surface area contributed by atoms with E-state index in [4.69, 9.17) is 13.7 Å². The molecule has 0 aromatic carbocycles. The summed E-state index contributed by atoms with van der Waals surface area (Å²) in [4.78, 5) is 23.6. The van der Waals surface area contributed by atoms with Crippen molar-refractivity contribution in [3.05, 3.63) is 41.4 Å². The Morgan fingerprint density at radius 1 is 1.36 bits per heavy atom. The van der Waals surface area contributed by atoms with Gasteiger partial charge >= 0.3 is 0 Å². The number of fused-ring (bicyclic) bond motifs is 1. The number of furan rings is 1. The van der Waals surface area contributed by atoms with E-state index in [0.717, 1.165) is 41.6 Å². The molecule has 5 rings (SSSR count). The lowest BCUT2D eigenvalue weighted by atomic mass is 9.94. The van der Waals surface area contributed by atoms with Crippen molar-refractivity contribution in [3.63, 3.8) is 0 Å². The summed E-state index contributed by atoms with van der Waals surface area (Å²) in [6, 6.07) is 3.55. The Hall–Kier alpha value is -3.00. The maximum absolute atomic E-state index is 12.7. The van der Waals surface area contributed by atoms with Crippen LogP contribution in [0, 0.1) is 6.92 Å². The molecule has 3 aromatic rings. The van der Waals surface area contributed by atoms with Crippen molar-refractivity contribution in [3.8, 4) is 23.0 Å². The smallest absolute Gasteiger partial charge is 0.293 e. The second-order valence-electron chi connectivity index (χ2n) is 7.13. The Morgan fingerprint density at radius 2 is 2.29 bits per heavy atom. The van der Waals surface area contributed by atoms with Crippen molar-refractivity contribution < 1.29 is 18.5 Å². The first-order chi connectivity index (χ1) is 13.7. The first-order valence-corrected chi connectivity index (χ1v) is 9.46. The van der Waals surface area contributed by atoms with E-state index in [0.29, 0.717) is 37.2 Å². The van der Waals surface area contributed by atoms with Crippen molar-refractivity contribution in [1.82, 2.24) is 20.0 Å². The minimum absolute atomic E-state index is 0.0740. The second-order valence-corrected chi connectivity index (χ2v) is 7.13. The molecular formula is C20H20N4O4. The Balaban J connectivity index is 1.45. The fraction of sp³-hybridized carbons (Fsp3) is 0.400. The molecule has 0 spiro atoms. The molecule has 0 saturated carbocycles. The van der Waals surface area contributed by atoms with Gasteiger partial charge in [-0.15, -0.1) is 0 Å². The number of amides is 1. The first kappa shape index (κ1) is 17.1. The van der Waals surface area contributed by atoms with Gasteiger partial charge in [0.2, 0.25) is 5.82 Å². The fourth-order valence-electron chi connectivity index (χ4n) is 3.94. The number of aromatic nitrogens is 3. The van der Waals surface area contributed by atoms with Gasteiger partial charge in [0.1, 0.15) is 6.10 Å². The molecule has 5 heterocycles. The van der Waals surface area contributed by atoms with E-state index in [-0.39, 0.29) is 12.0 Å². The number of carbonyl (C=O) groups is 1. The molecule has 0 bridgehead atoms. The number of rotatable bonds is 3. The van der Waals surface area contributed by atoms with Gasteiger partial charge in [-0.3, -0.25) is 9.78 Å². The number of hydrogen-bond acceptors (Lipinski definition) is 7. The van der Waals surface area contributed by atoms with Gasteiger partial charge in [-0.2, -0.15) is 4.98 Å². The third kappa shape index (κ3) is 2.90. The topological polar surface area (TPSA) is 94.5 Å². The lowest BCUT2D eigenvalue weighted by molar-refractivity contribution is -0.141. The molecule has 1 atom stereocenters. The van der Waals surface area contributed by atoms with Gasteiger partial charge in [-0.25, -0.2) is 0 Å². The molecule has 1 amide bonds. The normalized spacial score (nSPS) is 19.0. The lowest BCUT2D eigenvalue weighted by Gasteiger charge is -2.31. The summed E-state index contributed by atoms with van der Waals surface area (Å²) in [6.45, 7) is 3.77. The van der Waals surface area contributed by atoms with Crippen LogP contribution < -0.4 is 0 Å². The number of ether oxygens (including phenoxy) is 1. The van der Waals surface area contributed by atoms with Gasteiger partial charge in [0.25, 0.3) is 11.8 Å². The quantitative estimate of drug-likeness (QED) is 0.689. The van der Waals surface area contributed by atoms with Gasteiger partial charge in [-0.1, -0.05) is 5.16 Å². The Kier molecular flexibility index (Phi) is 4.20. The van der Waals surface area contributed by atoms with Crippen LogP contribution in [0.4, 0.5) is 0 Å². The molecule has 144 valence electrons. The van der Waals surface area contributed by atoms with Crippen molar-refractivity contribution in [2.75, 3.05) is 13.2 Å². The minimum atomic E-state index is -0.299. The van der Waals surface area contributed by atoms with E-state index in [1.165, 1.54) is 0 Å². The van der Waals surface area contributed by atoms with Crippen LogP contribution in [0.5, 0.6) is 0 Å². The number of hydrogen-bond donors (Lipinski definition) is 0. The first-order valence-electron chi connectivity index (χ1n) is 9.46. The zero-order chi connectivity index (χ0) is 19.1. The summed E-state index contributed by atoms with van der Waals surface area (Å²) in [7, 11) is 0. The molecule has 0 N–H and O–H groups in total. The zero-order valence-corrected chi connectivity index (χ0v) is 15.6. The van der Waals surface area contributed by atoms with E-state index in [1.807, 2.05) is 18.0 Å². The molecule has 2 aliphatic rings. The van der Waals surface area contributed by atoms with Gasteiger partial charge in [0.05, 0.1) is 6.26 Å². The molecule has 2 aliphatic heterocycles. The number of nitrogens with zero attached hydrogens (tertiary/aromatic N) is 4. The number of aryl methyl sites for hydroxylation is 1. The Labute approximate surface area is 161 Å². The highest BCUT2D eigenvalue weighted by molar-refractivity contribution is 5.81. The molecule has 8 heteroatoms. The zero-order valence-electron chi connectivity index (χ0n) is 15.6. The van der Waals surface area contributed by atoms with Gasteiger partial charge < -0.3 is 18.6 Å². The van der Waals surface area contributed by atoms with Crippen molar-refractivity contribution in [2.45, 2.75) is 38.8 Å². The molecular weight excluding hydrogens is 360 g/mol. The maximum Gasteiger partial charge on any atom is 0.293 e. The molecule has 3 aromatic heterocycles. The number of pyridine rings is 1. The molecule has 1 saturated heterocycles. The summed E-state index contributed by atoms with van der Waals surface area (Å²) in [6.07, 6.45) is 5.58. The minimum Gasteiger partial charge on any atom is -0.459 e. The average Bonchev–Trinajstić information content (AvgIpc) is 3.49. The van der Waals surface area contributed by atoms with Crippen molar-refractivity contribution in [2.24, 2.45) is 0 Å². The van der Waals surface area contributed by atoms with Crippen LogP contribution in [0.1, 0.15) is 29.7 Å². The summed E-state index contributed by atoms with van der Waals surface area (Å²) in [5.74, 6) is 1.43.